The van der Waals surface area contributed by atoms with Crippen molar-refractivity contribution < 1.29 is 0 Å². The predicted molar refractivity (Wildman–Crippen MR) is 49.0 cm³/mol. The summed E-state index contributed by atoms with van der Waals surface area (Å²) in [4.78, 5) is 0. The normalized spacial score (nSPS) is 10.6. The van der Waals surface area contributed by atoms with Crippen molar-refractivity contribution in [3.63, 3.8) is 0 Å². The van der Waals surface area contributed by atoms with Crippen molar-refractivity contribution in [3.8, 4) is 0 Å². The van der Waals surface area contributed by atoms with Crippen molar-refractivity contribution in [2.45, 2.75) is 6.92 Å². The Kier molecular flexibility index (Phi) is 1.25. The number of aromatic amines is 1. The molecule has 0 saturated heterocycles. The van der Waals surface area contributed by atoms with E-state index in [0.29, 0.717) is 0 Å². The number of nitrogens with zero attached hydrogens (tertiary/aromatic N) is 1. The minimum Gasteiger partial charge on any atom is -0.278 e. The van der Waals surface area contributed by atoms with Crippen LogP contribution in [-0.4, -0.2) is 18.0 Å². The monoisotopic (exact) mass is 144 g/mol. The molecule has 0 atom stereocenters. The van der Waals surface area contributed by atoms with Gasteiger partial charge in [0.05, 0.1) is 11.7 Å². The molecule has 0 spiro atoms. The first-order valence-corrected chi connectivity index (χ1v) is 3.68. The van der Waals surface area contributed by atoms with E-state index in [1.54, 1.807) is 0 Å². The standard InChI is InChI=1S/C8H9BN2/c1-5-2-3-7-6(8(5)9)4-10-11-7/h2-4H,9H2,1H3,(H,10,11). The number of nitrogens with one attached hydrogen (secondary N) is 1. The molecule has 1 aromatic carbocycles. The van der Waals surface area contributed by atoms with Crippen LogP contribution in [0.15, 0.2) is 18.3 Å². The maximum Gasteiger partial charge on any atom is 0.140 e. The van der Waals surface area contributed by atoms with Crippen LogP contribution in [0.25, 0.3) is 10.9 Å². The molecule has 0 bridgehead atoms. The minimum atomic E-state index is 1.12. The Hall–Kier alpha value is -1.25. The van der Waals surface area contributed by atoms with E-state index in [1.165, 1.54) is 16.4 Å². The summed E-state index contributed by atoms with van der Waals surface area (Å²) in [6.07, 6.45) is 1.87. The molecule has 0 aliphatic rings. The van der Waals surface area contributed by atoms with E-state index in [2.05, 4.69) is 37.1 Å². The summed E-state index contributed by atoms with van der Waals surface area (Å²) < 4.78 is 0. The second kappa shape index (κ2) is 2.12. The molecule has 2 nitrogen and oxygen atoms in total. The molecular weight excluding hydrogens is 135 g/mol. The zero-order valence-corrected chi connectivity index (χ0v) is 6.68. The van der Waals surface area contributed by atoms with Crippen molar-refractivity contribution in [1.82, 2.24) is 10.2 Å². The lowest BCUT2D eigenvalue weighted by Gasteiger charge is -1.98. The quantitative estimate of drug-likeness (QED) is 0.523. The fourth-order valence-corrected chi connectivity index (χ4v) is 1.27. The van der Waals surface area contributed by atoms with Gasteiger partial charge in [-0.15, -0.1) is 0 Å². The number of rotatable bonds is 0. The Balaban J connectivity index is 2.93. The molecule has 0 fully saturated rings. The Bertz CT molecular complexity index is 392. The van der Waals surface area contributed by atoms with Crippen LogP contribution >= 0.6 is 0 Å². The predicted octanol–water partition coefficient (Wildman–Crippen LogP) is 0.130. The number of fused-ring (bicyclic) bond motifs is 1. The van der Waals surface area contributed by atoms with Crippen molar-refractivity contribution in [3.05, 3.63) is 23.9 Å². The Labute approximate surface area is 66.0 Å². The van der Waals surface area contributed by atoms with Crippen LogP contribution in [-0.2, 0) is 0 Å². The minimum absolute atomic E-state index is 1.12. The number of hydrogen-bond acceptors (Lipinski definition) is 1. The number of benzene rings is 1. The molecule has 54 valence electrons. The number of hydrogen-bond donors (Lipinski definition) is 1. The van der Waals surface area contributed by atoms with Gasteiger partial charge in [0.25, 0.3) is 0 Å². The first kappa shape index (κ1) is 6.46. The average molecular weight is 144 g/mol. The highest BCUT2D eigenvalue weighted by molar-refractivity contribution is 6.39. The van der Waals surface area contributed by atoms with Gasteiger partial charge in [-0.05, 0) is 13.0 Å². The molecule has 1 N–H and O–H groups in total. The van der Waals surface area contributed by atoms with Gasteiger partial charge in [0.2, 0.25) is 0 Å². The third-order valence-corrected chi connectivity index (χ3v) is 2.16. The first-order valence-electron chi connectivity index (χ1n) is 3.68. The van der Waals surface area contributed by atoms with Crippen LogP contribution in [0, 0.1) is 6.92 Å². The zero-order valence-electron chi connectivity index (χ0n) is 6.68. The summed E-state index contributed by atoms with van der Waals surface area (Å²) >= 11 is 0. The Morgan fingerprint density at radius 1 is 1.45 bits per heavy atom. The lowest BCUT2D eigenvalue weighted by atomic mass is 9.88. The molecule has 0 radical (unpaired) electrons. The van der Waals surface area contributed by atoms with Gasteiger partial charge in [0.15, 0.2) is 0 Å². The largest absolute Gasteiger partial charge is 0.278 e. The summed E-state index contributed by atoms with van der Waals surface area (Å²) in [6.45, 7) is 2.11. The van der Waals surface area contributed by atoms with Gasteiger partial charge < -0.3 is 0 Å². The van der Waals surface area contributed by atoms with Crippen LogP contribution in [0.2, 0.25) is 0 Å². The van der Waals surface area contributed by atoms with Crippen molar-refractivity contribution >= 4 is 24.2 Å². The maximum absolute atomic E-state index is 3.98. The molecular formula is C8H9BN2. The van der Waals surface area contributed by atoms with Gasteiger partial charge in [-0.3, -0.25) is 5.10 Å². The number of aryl methyl sites for hydroxylation is 1. The third kappa shape index (κ3) is 0.844. The number of aromatic nitrogens is 2. The topological polar surface area (TPSA) is 28.7 Å². The van der Waals surface area contributed by atoms with Crippen molar-refractivity contribution in [2.75, 3.05) is 0 Å². The molecule has 2 rings (SSSR count). The summed E-state index contributed by atoms with van der Waals surface area (Å²) in [5.74, 6) is 0. The van der Waals surface area contributed by atoms with E-state index < -0.39 is 0 Å². The maximum atomic E-state index is 3.98. The van der Waals surface area contributed by atoms with Gasteiger partial charge in [-0.2, -0.15) is 5.10 Å². The summed E-state index contributed by atoms with van der Waals surface area (Å²) in [5.41, 5.74) is 3.75. The van der Waals surface area contributed by atoms with Gasteiger partial charge in [0.1, 0.15) is 7.85 Å². The van der Waals surface area contributed by atoms with Gasteiger partial charge in [-0.25, -0.2) is 0 Å². The third-order valence-electron chi connectivity index (χ3n) is 2.16. The fourth-order valence-electron chi connectivity index (χ4n) is 1.27. The molecule has 1 aromatic heterocycles. The molecule has 1 heterocycles. The molecule has 2 aromatic rings. The zero-order chi connectivity index (χ0) is 7.84. The summed E-state index contributed by atoms with van der Waals surface area (Å²) in [5, 5.41) is 8.14. The van der Waals surface area contributed by atoms with E-state index in [1.807, 2.05) is 6.20 Å². The highest BCUT2D eigenvalue weighted by atomic mass is 15.1. The molecule has 0 unspecified atom stereocenters. The summed E-state index contributed by atoms with van der Waals surface area (Å²) in [6, 6.07) is 4.17. The fraction of sp³-hybridized carbons (Fsp3) is 0.125. The lowest BCUT2D eigenvalue weighted by molar-refractivity contribution is 1.12. The van der Waals surface area contributed by atoms with E-state index in [4.69, 9.17) is 0 Å². The second-order valence-corrected chi connectivity index (χ2v) is 2.84. The lowest BCUT2D eigenvalue weighted by Crippen LogP contribution is -2.06. The molecule has 3 heteroatoms. The van der Waals surface area contributed by atoms with Crippen molar-refractivity contribution in [2.24, 2.45) is 0 Å². The smallest absolute Gasteiger partial charge is 0.140 e. The SMILES string of the molecule is Bc1c(C)ccc2[nH]ncc12. The second-order valence-electron chi connectivity index (χ2n) is 2.84. The van der Waals surface area contributed by atoms with Gasteiger partial charge >= 0.3 is 0 Å². The van der Waals surface area contributed by atoms with Gasteiger partial charge in [-0.1, -0.05) is 17.1 Å². The Morgan fingerprint density at radius 2 is 2.27 bits per heavy atom. The van der Waals surface area contributed by atoms with E-state index in [0.717, 1.165) is 5.52 Å². The van der Waals surface area contributed by atoms with Crippen LogP contribution in [0.3, 0.4) is 0 Å². The molecule has 0 aliphatic carbocycles. The average Bonchev–Trinajstić information content (AvgIpc) is 2.45. The van der Waals surface area contributed by atoms with Gasteiger partial charge in [0, 0.05) is 5.39 Å². The van der Waals surface area contributed by atoms with Crippen molar-refractivity contribution in [1.29, 1.82) is 0 Å². The number of H-pyrrole nitrogens is 1. The van der Waals surface area contributed by atoms with Crippen LogP contribution < -0.4 is 5.46 Å². The highest BCUT2D eigenvalue weighted by Crippen LogP contribution is 2.08. The Morgan fingerprint density at radius 3 is 3.09 bits per heavy atom. The van der Waals surface area contributed by atoms with Crippen LogP contribution in [0.4, 0.5) is 0 Å². The van der Waals surface area contributed by atoms with Crippen LogP contribution in [0.5, 0.6) is 0 Å². The van der Waals surface area contributed by atoms with E-state index >= 15 is 0 Å². The molecule has 0 saturated carbocycles. The first-order chi connectivity index (χ1) is 5.29. The van der Waals surface area contributed by atoms with Crippen LogP contribution in [0.1, 0.15) is 5.56 Å². The summed E-state index contributed by atoms with van der Waals surface area (Å²) in [7, 11) is 2.12. The van der Waals surface area contributed by atoms with E-state index in [9.17, 15) is 0 Å². The molecule has 11 heavy (non-hydrogen) atoms. The highest BCUT2D eigenvalue weighted by Gasteiger charge is 1.99. The van der Waals surface area contributed by atoms with E-state index in [-0.39, 0.29) is 0 Å². The molecule has 0 aliphatic heterocycles. The molecule has 0 amide bonds.